The molecule has 2 aromatic rings. The van der Waals surface area contributed by atoms with Gasteiger partial charge in [0.2, 0.25) is 0 Å². The molecule has 0 aliphatic carbocycles. The third-order valence-corrected chi connectivity index (χ3v) is 3.28. The summed E-state index contributed by atoms with van der Waals surface area (Å²) in [6.07, 6.45) is 0. The molecule has 2 heterocycles. The number of nitrogens with two attached hydrogens (primary N) is 1. The minimum absolute atomic E-state index is 0.00572. The first kappa shape index (κ1) is 10.4. The summed E-state index contributed by atoms with van der Waals surface area (Å²) in [4.78, 5) is 4.53. The summed E-state index contributed by atoms with van der Waals surface area (Å²) in [5.74, 6) is 0. The molecule has 2 rings (SSSR count). The van der Waals surface area contributed by atoms with Crippen LogP contribution < -0.4 is 5.73 Å². The predicted octanol–water partition coefficient (Wildman–Crippen LogP) is 2.57. The molecule has 0 bridgehead atoms. The van der Waals surface area contributed by atoms with Crippen LogP contribution >= 0.6 is 11.3 Å². The lowest BCUT2D eigenvalue weighted by molar-refractivity contribution is 0.781. The van der Waals surface area contributed by atoms with Crippen LogP contribution in [0.25, 0.3) is 5.13 Å². The van der Waals surface area contributed by atoms with Gasteiger partial charge in [-0.1, -0.05) is 0 Å². The van der Waals surface area contributed by atoms with Crippen LogP contribution in [0, 0.1) is 13.8 Å². The van der Waals surface area contributed by atoms with Crippen molar-refractivity contribution < 1.29 is 0 Å². The molecule has 2 aromatic heterocycles. The van der Waals surface area contributed by atoms with E-state index < -0.39 is 0 Å². The zero-order valence-electron chi connectivity index (χ0n) is 9.19. The molecular formula is C11H15N3S. The van der Waals surface area contributed by atoms with E-state index in [1.165, 1.54) is 11.4 Å². The molecule has 4 heteroatoms. The van der Waals surface area contributed by atoms with Crippen LogP contribution in [0.1, 0.15) is 30.0 Å². The van der Waals surface area contributed by atoms with Crippen molar-refractivity contribution in [2.45, 2.75) is 26.8 Å². The Morgan fingerprint density at radius 3 is 2.40 bits per heavy atom. The lowest BCUT2D eigenvalue weighted by Crippen LogP contribution is -2.06. The predicted molar refractivity (Wildman–Crippen MR) is 63.5 cm³/mol. The number of hydrogen-bond acceptors (Lipinski definition) is 3. The van der Waals surface area contributed by atoms with Crippen molar-refractivity contribution in [1.82, 2.24) is 9.55 Å². The number of nitrogens with zero attached hydrogens (tertiary/aromatic N) is 2. The molecule has 15 heavy (non-hydrogen) atoms. The van der Waals surface area contributed by atoms with Crippen molar-refractivity contribution >= 4 is 11.3 Å². The van der Waals surface area contributed by atoms with Crippen molar-refractivity contribution in [3.05, 3.63) is 34.6 Å². The molecule has 1 unspecified atom stereocenters. The highest BCUT2D eigenvalue weighted by Crippen LogP contribution is 2.22. The van der Waals surface area contributed by atoms with Crippen LogP contribution in [0.2, 0.25) is 0 Å². The Balaban J connectivity index is 2.46. The molecule has 2 N–H and O–H groups in total. The molecular weight excluding hydrogens is 206 g/mol. The van der Waals surface area contributed by atoms with Gasteiger partial charge in [-0.15, -0.1) is 11.3 Å². The van der Waals surface area contributed by atoms with Gasteiger partial charge in [-0.25, -0.2) is 4.98 Å². The second-order valence-corrected chi connectivity index (χ2v) is 4.63. The fraction of sp³-hybridized carbons (Fsp3) is 0.364. The number of thiazole rings is 1. The van der Waals surface area contributed by atoms with E-state index in [0.717, 1.165) is 10.8 Å². The van der Waals surface area contributed by atoms with E-state index in [4.69, 9.17) is 5.73 Å². The highest BCUT2D eigenvalue weighted by atomic mass is 32.1. The first-order valence-corrected chi connectivity index (χ1v) is 5.84. The molecule has 0 aliphatic heterocycles. The Morgan fingerprint density at radius 1 is 1.33 bits per heavy atom. The van der Waals surface area contributed by atoms with Gasteiger partial charge >= 0.3 is 0 Å². The third kappa shape index (κ3) is 1.82. The highest BCUT2D eigenvalue weighted by Gasteiger charge is 2.10. The standard InChI is InChI=1S/C11H15N3S/c1-7-4-5-8(2)14(7)11-13-10(6-15-11)9(3)12/h4-6,9H,12H2,1-3H3. The molecule has 3 nitrogen and oxygen atoms in total. The summed E-state index contributed by atoms with van der Waals surface area (Å²) in [5.41, 5.74) is 9.17. The second kappa shape index (κ2) is 3.79. The fourth-order valence-electron chi connectivity index (χ4n) is 1.56. The van der Waals surface area contributed by atoms with Gasteiger partial charge in [-0.3, -0.25) is 4.57 Å². The van der Waals surface area contributed by atoms with Crippen LogP contribution in [0.3, 0.4) is 0 Å². The van der Waals surface area contributed by atoms with Gasteiger partial charge in [0.15, 0.2) is 5.13 Å². The Labute approximate surface area is 93.6 Å². The van der Waals surface area contributed by atoms with E-state index in [2.05, 4.69) is 35.5 Å². The number of aromatic nitrogens is 2. The number of rotatable bonds is 2. The normalized spacial score (nSPS) is 13.1. The minimum atomic E-state index is 0.00572. The smallest absolute Gasteiger partial charge is 0.194 e. The maximum Gasteiger partial charge on any atom is 0.194 e. The van der Waals surface area contributed by atoms with Gasteiger partial charge in [0.1, 0.15) is 0 Å². The largest absolute Gasteiger partial charge is 0.323 e. The monoisotopic (exact) mass is 221 g/mol. The zero-order chi connectivity index (χ0) is 11.0. The van der Waals surface area contributed by atoms with Gasteiger partial charge in [0, 0.05) is 22.8 Å². The molecule has 0 amide bonds. The molecule has 0 aliphatic rings. The van der Waals surface area contributed by atoms with Gasteiger partial charge in [-0.05, 0) is 32.9 Å². The Morgan fingerprint density at radius 2 is 1.93 bits per heavy atom. The topological polar surface area (TPSA) is 43.8 Å². The molecule has 0 aromatic carbocycles. The van der Waals surface area contributed by atoms with Crippen molar-refractivity contribution in [2.75, 3.05) is 0 Å². The second-order valence-electron chi connectivity index (χ2n) is 3.80. The van der Waals surface area contributed by atoms with E-state index in [1.807, 2.05) is 12.3 Å². The fourth-order valence-corrected chi connectivity index (χ4v) is 2.60. The van der Waals surface area contributed by atoms with Crippen molar-refractivity contribution in [3.8, 4) is 5.13 Å². The zero-order valence-corrected chi connectivity index (χ0v) is 10.0. The summed E-state index contributed by atoms with van der Waals surface area (Å²) in [6.45, 7) is 6.12. The molecule has 0 spiro atoms. The van der Waals surface area contributed by atoms with Gasteiger partial charge < -0.3 is 5.73 Å². The van der Waals surface area contributed by atoms with E-state index >= 15 is 0 Å². The van der Waals surface area contributed by atoms with Gasteiger partial charge in [-0.2, -0.15) is 0 Å². The summed E-state index contributed by atoms with van der Waals surface area (Å²) in [5, 5.41) is 3.03. The van der Waals surface area contributed by atoms with Crippen molar-refractivity contribution in [2.24, 2.45) is 5.73 Å². The van der Waals surface area contributed by atoms with E-state index in [-0.39, 0.29) is 6.04 Å². The first-order valence-electron chi connectivity index (χ1n) is 4.96. The van der Waals surface area contributed by atoms with Crippen LogP contribution in [-0.4, -0.2) is 9.55 Å². The molecule has 0 radical (unpaired) electrons. The Hall–Kier alpha value is -1.13. The Bertz CT molecular complexity index is 448. The van der Waals surface area contributed by atoms with E-state index in [9.17, 15) is 0 Å². The van der Waals surface area contributed by atoms with E-state index in [1.54, 1.807) is 11.3 Å². The maximum atomic E-state index is 5.79. The maximum absolute atomic E-state index is 5.79. The lowest BCUT2D eigenvalue weighted by atomic mass is 10.3. The van der Waals surface area contributed by atoms with E-state index in [0.29, 0.717) is 0 Å². The molecule has 0 saturated carbocycles. The molecule has 0 saturated heterocycles. The van der Waals surface area contributed by atoms with Crippen LogP contribution in [-0.2, 0) is 0 Å². The molecule has 1 atom stereocenters. The van der Waals surface area contributed by atoms with Gasteiger partial charge in [0.05, 0.1) is 5.69 Å². The van der Waals surface area contributed by atoms with Crippen LogP contribution in [0.4, 0.5) is 0 Å². The molecule has 80 valence electrons. The highest BCUT2D eigenvalue weighted by molar-refractivity contribution is 7.12. The number of hydrogen-bond donors (Lipinski definition) is 1. The summed E-state index contributed by atoms with van der Waals surface area (Å²) in [7, 11) is 0. The Kier molecular flexibility index (Phi) is 2.63. The third-order valence-electron chi connectivity index (χ3n) is 2.44. The summed E-state index contributed by atoms with van der Waals surface area (Å²) >= 11 is 1.64. The van der Waals surface area contributed by atoms with Gasteiger partial charge in [0.25, 0.3) is 0 Å². The quantitative estimate of drug-likeness (QED) is 0.847. The minimum Gasteiger partial charge on any atom is -0.323 e. The van der Waals surface area contributed by atoms with Crippen molar-refractivity contribution in [1.29, 1.82) is 0 Å². The summed E-state index contributed by atoms with van der Waals surface area (Å²) in [6, 6.07) is 4.20. The summed E-state index contributed by atoms with van der Waals surface area (Å²) < 4.78 is 2.15. The lowest BCUT2D eigenvalue weighted by Gasteiger charge is -2.04. The number of aryl methyl sites for hydroxylation is 2. The first-order chi connectivity index (χ1) is 7.09. The average molecular weight is 221 g/mol. The van der Waals surface area contributed by atoms with Crippen LogP contribution in [0.15, 0.2) is 17.5 Å². The molecule has 0 fully saturated rings. The van der Waals surface area contributed by atoms with Crippen molar-refractivity contribution in [3.63, 3.8) is 0 Å². The SMILES string of the molecule is Cc1ccc(C)n1-c1nc(C(C)N)cs1. The van der Waals surface area contributed by atoms with Crippen LogP contribution in [0.5, 0.6) is 0 Å². The average Bonchev–Trinajstić information content (AvgIpc) is 2.73.